The minimum atomic E-state index is -0.141. The Morgan fingerprint density at radius 1 is 1.05 bits per heavy atom. The van der Waals surface area contributed by atoms with Crippen molar-refractivity contribution in [2.24, 2.45) is 0 Å². The average molecular weight is 299 g/mol. The van der Waals surface area contributed by atoms with Crippen LogP contribution in [0.2, 0.25) is 0 Å². The molecule has 112 valence electrons. The lowest BCUT2D eigenvalue weighted by molar-refractivity contribution is 0.169. The van der Waals surface area contributed by atoms with Crippen molar-refractivity contribution in [1.29, 1.82) is 0 Å². The number of aromatic nitrogens is 1. The zero-order valence-electron chi connectivity index (χ0n) is 12.1. The van der Waals surface area contributed by atoms with E-state index < -0.39 is 0 Å². The number of H-pyrrole nitrogens is 1. The molecular formula is C16H13NO5. The van der Waals surface area contributed by atoms with Crippen molar-refractivity contribution in [3.8, 4) is 23.0 Å². The Morgan fingerprint density at radius 3 is 2.45 bits per heavy atom. The van der Waals surface area contributed by atoms with Gasteiger partial charge in [0.1, 0.15) is 5.52 Å². The molecular weight excluding hydrogens is 286 g/mol. The number of nitrogens with one attached hydrogen (secondary N) is 1. The Kier molecular flexibility index (Phi) is 2.66. The SMILES string of the molecule is COc1c2c(c(OC)c3c(=O)c4ccccc4[nH]c13)OCO2. The highest BCUT2D eigenvalue weighted by Crippen LogP contribution is 2.52. The molecule has 0 bridgehead atoms. The average Bonchev–Trinajstić information content (AvgIpc) is 3.02. The topological polar surface area (TPSA) is 69.8 Å². The fourth-order valence-electron chi connectivity index (χ4n) is 2.85. The largest absolute Gasteiger partial charge is 0.492 e. The first kappa shape index (κ1) is 12.8. The van der Waals surface area contributed by atoms with Crippen molar-refractivity contribution < 1.29 is 18.9 Å². The maximum absolute atomic E-state index is 12.9. The van der Waals surface area contributed by atoms with Crippen LogP contribution in [-0.4, -0.2) is 26.0 Å². The third kappa shape index (κ3) is 1.52. The highest BCUT2D eigenvalue weighted by Gasteiger charge is 2.30. The Bertz CT molecular complexity index is 960. The molecule has 22 heavy (non-hydrogen) atoms. The van der Waals surface area contributed by atoms with Gasteiger partial charge in [-0.2, -0.15) is 0 Å². The Morgan fingerprint density at radius 2 is 1.73 bits per heavy atom. The van der Waals surface area contributed by atoms with Crippen molar-refractivity contribution in [1.82, 2.24) is 4.98 Å². The molecule has 0 spiro atoms. The molecule has 1 aliphatic rings. The summed E-state index contributed by atoms with van der Waals surface area (Å²) in [5.41, 5.74) is 1.12. The van der Waals surface area contributed by atoms with E-state index in [4.69, 9.17) is 18.9 Å². The van der Waals surface area contributed by atoms with Crippen molar-refractivity contribution in [2.45, 2.75) is 0 Å². The molecule has 1 aliphatic heterocycles. The number of aromatic amines is 1. The minimum Gasteiger partial charge on any atom is -0.492 e. The van der Waals surface area contributed by atoms with E-state index in [2.05, 4.69) is 4.98 Å². The van der Waals surface area contributed by atoms with Gasteiger partial charge in [0, 0.05) is 10.9 Å². The van der Waals surface area contributed by atoms with Crippen molar-refractivity contribution >= 4 is 21.8 Å². The number of fused-ring (bicyclic) bond motifs is 3. The van der Waals surface area contributed by atoms with E-state index >= 15 is 0 Å². The van der Waals surface area contributed by atoms with Gasteiger partial charge >= 0.3 is 0 Å². The van der Waals surface area contributed by atoms with Crippen LogP contribution in [0.5, 0.6) is 23.0 Å². The van der Waals surface area contributed by atoms with Crippen LogP contribution in [0.25, 0.3) is 21.8 Å². The first-order valence-electron chi connectivity index (χ1n) is 6.74. The van der Waals surface area contributed by atoms with E-state index in [1.54, 1.807) is 6.07 Å². The number of benzene rings is 2. The van der Waals surface area contributed by atoms with E-state index in [9.17, 15) is 4.79 Å². The van der Waals surface area contributed by atoms with E-state index in [0.29, 0.717) is 39.3 Å². The molecule has 0 saturated carbocycles. The molecule has 0 atom stereocenters. The van der Waals surface area contributed by atoms with Gasteiger partial charge in [-0.3, -0.25) is 4.79 Å². The van der Waals surface area contributed by atoms with Crippen molar-refractivity contribution in [3.63, 3.8) is 0 Å². The summed E-state index contributed by atoms with van der Waals surface area (Å²) >= 11 is 0. The van der Waals surface area contributed by atoms with Crippen LogP contribution in [0.1, 0.15) is 0 Å². The zero-order valence-corrected chi connectivity index (χ0v) is 12.1. The molecule has 1 N–H and O–H groups in total. The molecule has 0 amide bonds. The summed E-state index contributed by atoms with van der Waals surface area (Å²) in [5, 5.41) is 0.969. The van der Waals surface area contributed by atoms with Gasteiger partial charge in [-0.1, -0.05) is 12.1 Å². The van der Waals surface area contributed by atoms with Crippen LogP contribution in [0.15, 0.2) is 29.1 Å². The number of pyridine rings is 1. The summed E-state index contributed by atoms with van der Waals surface area (Å²) in [6.07, 6.45) is 0. The molecule has 1 aromatic heterocycles. The summed E-state index contributed by atoms with van der Waals surface area (Å²) in [7, 11) is 3.02. The lowest BCUT2D eigenvalue weighted by atomic mass is 10.1. The van der Waals surface area contributed by atoms with E-state index in [1.165, 1.54) is 14.2 Å². The minimum absolute atomic E-state index is 0.0616. The molecule has 3 aromatic rings. The van der Waals surface area contributed by atoms with Crippen LogP contribution in [-0.2, 0) is 0 Å². The number of hydrogen-bond donors (Lipinski definition) is 1. The van der Waals surface area contributed by atoms with Crippen LogP contribution in [0.4, 0.5) is 0 Å². The van der Waals surface area contributed by atoms with Crippen LogP contribution in [0.3, 0.4) is 0 Å². The Balaban J connectivity index is 2.30. The lowest BCUT2D eigenvalue weighted by Crippen LogP contribution is -2.07. The summed E-state index contributed by atoms with van der Waals surface area (Å²) < 4.78 is 21.8. The summed E-state index contributed by atoms with van der Waals surface area (Å²) in [6, 6.07) is 7.29. The van der Waals surface area contributed by atoms with Crippen LogP contribution < -0.4 is 24.4 Å². The number of ether oxygens (including phenoxy) is 4. The predicted molar refractivity (Wildman–Crippen MR) is 81.3 cm³/mol. The predicted octanol–water partition coefficient (Wildman–Crippen LogP) is 2.43. The second-order valence-corrected chi connectivity index (χ2v) is 4.88. The second kappa shape index (κ2) is 4.56. The highest BCUT2D eigenvalue weighted by atomic mass is 16.7. The number of rotatable bonds is 2. The summed E-state index contributed by atoms with van der Waals surface area (Å²) in [5.74, 6) is 1.63. The van der Waals surface area contributed by atoms with Crippen LogP contribution in [0, 0.1) is 0 Å². The molecule has 6 nitrogen and oxygen atoms in total. The number of para-hydroxylation sites is 1. The van der Waals surface area contributed by atoms with Gasteiger partial charge in [0.25, 0.3) is 0 Å². The first-order chi connectivity index (χ1) is 10.8. The molecule has 6 heteroatoms. The fraction of sp³-hybridized carbons (Fsp3) is 0.188. The second-order valence-electron chi connectivity index (χ2n) is 4.88. The Hall–Kier alpha value is -2.89. The van der Waals surface area contributed by atoms with Gasteiger partial charge in [0.2, 0.25) is 23.7 Å². The van der Waals surface area contributed by atoms with Crippen LogP contribution >= 0.6 is 0 Å². The van der Waals surface area contributed by atoms with Crippen molar-refractivity contribution in [3.05, 3.63) is 34.5 Å². The van der Waals surface area contributed by atoms with E-state index in [-0.39, 0.29) is 12.2 Å². The third-order valence-corrected chi connectivity index (χ3v) is 3.80. The smallest absolute Gasteiger partial charge is 0.231 e. The summed E-state index contributed by atoms with van der Waals surface area (Å²) in [4.78, 5) is 16.1. The first-order valence-corrected chi connectivity index (χ1v) is 6.74. The van der Waals surface area contributed by atoms with Gasteiger partial charge < -0.3 is 23.9 Å². The maximum Gasteiger partial charge on any atom is 0.231 e. The molecule has 0 unspecified atom stereocenters. The maximum atomic E-state index is 12.9. The number of hydrogen-bond acceptors (Lipinski definition) is 5. The van der Waals surface area contributed by atoms with E-state index in [1.807, 2.05) is 18.2 Å². The van der Waals surface area contributed by atoms with Gasteiger partial charge in [-0.05, 0) is 12.1 Å². The molecule has 4 rings (SSSR count). The highest BCUT2D eigenvalue weighted by molar-refractivity contribution is 6.02. The quantitative estimate of drug-likeness (QED) is 0.736. The Labute approximate surface area is 125 Å². The standard InChI is InChI=1S/C16H13NO5/c1-19-13-10-11(14(20-2)16-15(13)21-7-22-16)17-9-6-4-3-5-8(9)12(10)18/h3-6H,7H2,1-2H3,(H,17,18). The summed E-state index contributed by atoms with van der Waals surface area (Å²) in [6.45, 7) is 0.0616. The monoisotopic (exact) mass is 299 g/mol. The molecule has 0 aliphatic carbocycles. The van der Waals surface area contributed by atoms with Gasteiger partial charge in [-0.15, -0.1) is 0 Å². The third-order valence-electron chi connectivity index (χ3n) is 3.80. The van der Waals surface area contributed by atoms with Crippen molar-refractivity contribution in [2.75, 3.05) is 21.0 Å². The molecule has 0 saturated heterocycles. The number of methoxy groups -OCH3 is 2. The van der Waals surface area contributed by atoms with Gasteiger partial charge in [0.15, 0.2) is 11.5 Å². The molecule has 2 aromatic carbocycles. The van der Waals surface area contributed by atoms with Gasteiger partial charge in [0.05, 0.1) is 19.6 Å². The molecule has 2 heterocycles. The van der Waals surface area contributed by atoms with Gasteiger partial charge in [-0.25, -0.2) is 0 Å². The molecule has 0 radical (unpaired) electrons. The zero-order chi connectivity index (χ0) is 15.3. The lowest BCUT2D eigenvalue weighted by Gasteiger charge is -2.13. The normalized spacial score (nSPS) is 12.8. The fourth-order valence-corrected chi connectivity index (χ4v) is 2.85. The molecule has 0 fully saturated rings. The van der Waals surface area contributed by atoms with E-state index in [0.717, 1.165) is 5.52 Å².